The number of carboxylic acid groups (broad SMARTS) is 2. The number of carboxylic acids is 2. The Morgan fingerprint density at radius 3 is 1.42 bits per heavy atom. The molecule has 24 heavy (non-hydrogen) atoms. The van der Waals surface area contributed by atoms with Crippen LogP contribution in [-0.2, 0) is 18.7 Å². The van der Waals surface area contributed by atoms with E-state index in [1.807, 2.05) is 0 Å². The molecule has 2 atom stereocenters. The molecule has 0 bridgehead atoms. The first-order valence-corrected chi connectivity index (χ1v) is 9.82. The van der Waals surface area contributed by atoms with Gasteiger partial charge >= 0.3 is 27.1 Å². The van der Waals surface area contributed by atoms with E-state index in [2.05, 4.69) is 0 Å². The molecule has 13 heteroatoms. The van der Waals surface area contributed by atoms with Gasteiger partial charge in [-0.3, -0.25) is 18.7 Å². The van der Waals surface area contributed by atoms with Gasteiger partial charge in [0.25, 0.3) is 0 Å². The topological polar surface area (TPSA) is 190 Å². The first kappa shape index (κ1) is 20.8. The van der Waals surface area contributed by atoms with Gasteiger partial charge in [-0.05, 0) is 17.7 Å². The average molecular weight is 403 g/mol. The second-order valence-electron chi connectivity index (χ2n) is 4.82. The Kier molecular flexibility index (Phi) is 6.35. The molecule has 0 fully saturated rings. The first-order chi connectivity index (χ1) is 10.8. The largest absolute Gasteiger partial charge is 0.481 e. The summed E-state index contributed by atoms with van der Waals surface area (Å²) < 4.78 is 23.1. The summed E-state index contributed by atoms with van der Waals surface area (Å²) in [7, 11) is -10.9. The minimum atomic E-state index is -5.47. The number of carbonyl (C=O) groups is 2. The summed E-state index contributed by atoms with van der Waals surface area (Å²) in [4.78, 5) is 59.8. The van der Waals surface area contributed by atoms with Crippen LogP contribution in [0.5, 0.6) is 0 Å². The number of aliphatic carboxylic acids is 2. The van der Waals surface area contributed by atoms with E-state index in [9.17, 15) is 38.3 Å². The lowest BCUT2D eigenvalue weighted by Crippen LogP contribution is -2.39. The van der Waals surface area contributed by atoms with Crippen molar-refractivity contribution >= 4 is 38.7 Å². The third-order valence-electron chi connectivity index (χ3n) is 3.17. The number of rotatable bonds is 7. The van der Waals surface area contributed by atoms with Gasteiger partial charge in [-0.1, -0.05) is 23.7 Å². The fourth-order valence-electron chi connectivity index (χ4n) is 2.24. The third-order valence-corrected chi connectivity index (χ3v) is 5.95. The number of benzene rings is 1. The second-order valence-corrected chi connectivity index (χ2v) is 8.73. The molecule has 0 amide bonds. The van der Waals surface area contributed by atoms with Crippen molar-refractivity contribution in [2.75, 3.05) is 0 Å². The molecule has 0 aliphatic carbocycles. The minimum Gasteiger partial charge on any atom is -0.481 e. The maximum absolute atomic E-state index is 11.6. The van der Waals surface area contributed by atoms with Gasteiger partial charge in [-0.25, -0.2) is 0 Å². The average Bonchev–Trinajstić information content (AvgIpc) is 2.34. The summed E-state index contributed by atoms with van der Waals surface area (Å²) in [6, 6.07) is 4.43. The quantitative estimate of drug-likeness (QED) is 0.354. The maximum Gasteiger partial charge on any atom is 0.340 e. The van der Waals surface area contributed by atoms with Crippen LogP contribution in [0.2, 0.25) is 5.02 Å². The third kappa shape index (κ3) is 4.87. The lowest BCUT2D eigenvalue weighted by Gasteiger charge is -2.30. The lowest BCUT2D eigenvalue weighted by atomic mass is 9.91. The van der Waals surface area contributed by atoms with Crippen molar-refractivity contribution in [2.45, 2.75) is 17.2 Å². The van der Waals surface area contributed by atoms with Crippen molar-refractivity contribution in [3.63, 3.8) is 0 Å². The summed E-state index contributed by atoms with van der Waals surface area (Å²) in [6.45, 7) is 0. The molecule has 0 aliphatic heterocycles. The Labute approximate surface area is 140 Å². The fourth-order valence-corrected chi connectivity index (χ4v) is 4.60. The first-order valence-electron chi connectivity index (χ1n) is 6.08. The molecule has 1 aromatic carbocycles. The van der Waals surface area contributed by atoms with E-state index in [4.69, 9.17) is 21.8 Å². The van der Waals surface area contributed by atoms with Gasteiger partial charge < -0.3 is 29.8 Å². The van der Waals surface area contributed by atoms with E-state index in [0.29, 0.717) is 0 Å². The summed E-state index contributed by atoms with van der Waals surface area (Å²) in [5, 5.41) is 18.4. The van der Waals surface area contributed by atoms with Crippen LogP contribution in [0.4, 0.5) is 0 Å². The summed E-state index contributed by atoms with van der Waals surface area (Å²) in [6.07, 6.45) is 0. The molecule has 2 unspecified atom stereocenters. The highest BCUT2D eigenvalue weighted by Crippen LogP contribution is 2.56. The van der Waals surface area contributed by atoms with E-state index in [1.54, 1.807) is 0 Å². The van der Waals surface area contributed by atoms with Crippen LogP contribution in [0, 0.1) is 0 Å². The Morgan fingerprint density at radius 1 is 0.833 bits per heavy atom. The van der Waals surface area contributed by atoms with Crippen LogP contribution in [0.1, 0.15) is 11.5 Å². The summed E-state index contributed by atoms with van der Waals surface area (Å²) in [5.74, 6) is -6.38. The van der Waals surface area contributed by atoms with E-state index in [1.165, 1.54) is 12.1 Å². The van der Waals surface area contributed by atoms with Crippen molar-refractivity contribution in [1.82, 2.24) is 0 Å². The molecular weight excluding hydrogens is 390 g/mol. The van der Waals surface area contributed by atoms with Crippen molar-refractivity contribution in [2.24, 2.45) is 0 Å². The van der Waals surface area contributed by atoms with Gasteiger partial charge in [0, 0.05) is 10.9 Å². The molecule has 0 saturated heterocycles. The molecule has 1 aromatic rings. The maximum atomic E-state index is 11.6. The standard InChI is InChI=1S/C11H13ClO10P2/c12-6-3-1-5(2-4-6)7(8(10(13)14)23(17,18)19)9(11(15)16)24(20,21)22/h1-4,7-9H,(H,13,14)(H,15,16)(H2,17,18,19)(H2,20,21,22). The van der Waals surface area contributed by atoms with Crippen molar-refractivity contribution < 1.29 is 48.5 Å². The smallest absolute Gasteiger partial charge is 0.340 e. The Balaban J connectivity index is 3.71. The number of hydrogen-bond donors (Lipinski definition) is 6. The zero-order valence-corrected chi connectivity index (χ0v) is 14.2. The van der Waals surface area contributed by atoms with E-state index in [-0.39, 0.29) is 10.6 Å². The summed E-state index contributed by atoms with van der Waals surface area (Å²) >= 11 is 5.64. The second kappa shape index (κ2) is 7.33. The molecule has 1 rings (SSSR count). The number of hydrogen-bond acceptors (Lipinski definition) is 4. The van der Waals surface area contributed by atoms with Crippen molar-refractivity contribution in [1.29, 1.82) is 0 Å². The van der Waals surface area contributed by atoms with Gasteiger partial charge in [0.1, 0.15) is 0 Å². The highest BCUT2D eigenvalue weighted by atomic mass is 35.5. The van der Waals surface area contributed by atoms with Crippen LogP contribution < -0.4 is 0 Å². The molecule has 0 aromatic heterocycles. The molecule has 0 radical (unpaired) electrons. The van der Waals surface area contributed by atoms with Crippen molar-refractivity contribution in [3.05, 3.63) is 34.9 Å². The van der Waals surface area contributed by atoms with E-state index in [0.717, 1.165) is 12.1 Å². The molecule has 6 N–H and O–H groups in total. The zero-order valence-electron chi connectivity index (χ0n) is 11.6. The Hall–Kier alpha value is -1.25. The summed E-state index contributed by atoms with van der Waals surface area (Å²) in [5.41, 5.74) is -5.65. The molecule has 10 nitrogen and oxygen atoms in total. The van der Waals surface area contributed by atoms with Crippen LogP contribution >= 0.6 is 26.8 Å². The Morgan fingerprint density at radius 2 is 1.17 bits per heavy atom. The molecule has 0 aliphatic rings. The van der Waals surface area contributed by atoms with Crippen molar-refractivity contribution in [3.8, 4) is 0 Å². The zero-order chi connectivity index (χ0) is 18.9. The van der Waals surface area contributed by atoms with Crippen LogP contribution in [0.3, 0.4) is 0 Å². The molecule has 0 saturated carbocycles. The van der Waals surface area contributed by atoms with Gasteiger partial charge in [0.2, 0.25) is 0 Å². The molecule has 0 spiro atoms. The van der Waals surface area contributed by atoms with Crippen LogP contribution in [0.15, 0.2) is 24.3 Å². The van der Waals surface area contributed by atoms with E-state index >= 15 is 0 Å². The Bertz CT molecular complexity index is 681. The number of halogens is 1. The predicted octanol–water partition coefficient (Wildman–Crippen LogP) is 0.685. The van der Waals surface area contributed by atoms with Gasteiger partial charge in [-0.2, -0.15) is 0 Å². The SMILES string of the molecule is O=C(O)C(C(c1ccc(Cl)cc1)C(C(=O)O)P(=O)(O)O)P(=O)(O)O. The van der Waals surface area contributed by atoms with Crippen LogP contribution in [0.25, 0.3) is 0 Å². The monoisotopic (exact) mass is 402 g/mol. The highest BCUT2D eigenvalue weighted by molar-refractivity contribution is 7.55. The van der Waals surface area contributed by atoms with Crippen LogP contribution in [-0.4, -0.2) is 53.0 Å². The molecule has 0 heterocycles. The highest BCUT2D eigenvalue weighted by Gasteiger charge is 2.54. The van der Waals surface area contributed by atoms with Gasteiger partial charge in [-0.15, -0.1) is 0 Å². The molecular formula is C11H13ClO10P2. The lowest BCUT2D eigenvalue weighted by molar-refractivity contribution is -0.139. The van der Waals surface area contributed by atoms with Gasteiger partial charge in [0.15, 0.2) is 11.3 Å². The fraction of sp³-hybridized carbons (Fsp3) is 0.273. The normalized spacial score (nSPS) is 16.2. The molecule has 134 valence electrons. The predicted molar refractivity (Wildman–Crippen MR) is 81.1 cm³/mol. The van der Waals surface area contributed by atoms with E-state index < -0.39 is 44.4 Å². The minimum absolute atomic E-state index is 0.142. The van der Waals surface area contributed by atoms with Gasteiger partial charge in [0.05, 0.1) is 0 Å².